The molecule has 2 heteroatoms. The Morgan fingerprint density at radius 2 is 1.07 bits per heavy atom. The van der Waals surface area contributed by atoms with Gasteiger partial charge >= 0.3 is 0 Å². The van der Waals surface area contributed by atoms with Crippen LogP contribution < -0.4 is 5.32 Å². The average molecular weight is 372 g/mol. The third-order valence-electron chi connectivity index (χ3n) is 5.05. The van der Waals surface area contributed by atoms with Crippen LogP contribution in [0, 0.1) is 0 Å². The number of rotatable bonds is 4. The molecule has 5 aromatic rings. The molecule has 0 unspecified atom stereocenters. The number of hydrogen-bond donors (Lipinski definition) is 1. The molecule has 0 saturated carbocycles. The monoisotopic (exact) mass is 372 g/mol. The van der Waals surface area contributed by atoms with Gasteiger partial charge in [0.2, 0.25) is 0 Å². The Bertz CT molecular complexity index is 1250. The predicted octanol–water partition coefficient (Wildman–Crippen LogP) is 7.31. The van der Waals surface area contributed by atoms with Crippen LogP contribution in [0.4, 0.5) is 11.4 Å². The summed E-state index contributed by atoms with van der Waals surface area (Å²) in [5, 5.41) is 4.79. The Hall–Kier alpha value is -3.91. The van der Waals surface area contributed by atoms with E-state index in [1.54, 1.807) is 0 Å². The second-order valence-corrected chi connectivity index (χ2v) is 6.95. The van der Waals surface area contributed by atoms with E-state index < -0.39 is 0 Å². The maximum absolute atomic E-state index is 5.08. The van der Waals surface area contributed by atoms with Crippen LogP contribution in [0.25, 0.3) is 33.3 Å². The number of fused-ring (bicyclic) bond motifs is 1. The fourth-order valence-corrected chi connectivity index (χ4v) is 3.70. The zero-order valence-corrected chi connectivity index (χ0v) is 15.9. The Balaban J connectivity index is 1.86. The van der Waals surface area contributed by atoms with Gasteiger partial charge in [0.15, 0.2) is 0 Å². The van der Waals surface area contributed by atoms with Gasteiger partial charge in [-0.05, 0) is 23.8 Å². The maximum Gasteiger partial charge on any atom is 0.0808 e. The largest absolute Gasteiger partial charge is 0.354 e. The Morgan fingerprint density at radius 1 is 0.517 bits per heavy atom. The molecule has 5 rings (SSSR count). The highest BCUT2D eigenvalue weighted by molar-refractivity contribution is 6.06. The zero-order valence-electron chi connectivity index (χ0n) is 15.9. The molecule has 1 heterocycles. The van der Waals surface area contributed by atoms with Gasteiger partial charge in [-0.3, -0.25) is 0 Å². The van der Waals surface area contributed by atoms with E-state index in [2.05, 4.69) is 84.2 Å². The van der Waals surface area contributed by atoms with Crippen molar-refractivity contribution in [2.45, 2.75) is 0 Å². The molecule has 0 bridgehead atoms. The van der Waals surface area contributed by atoms with E-state index in [1.807, 2.05) is 36.4 Å². The fraction of sp³-hybridized carbons (Fsp3) is 0. The third-order valence-corrected chi connectivity index (χ3v) is 5.05. The molecule has 4 aromatic carbocycles. The van der Waals surface area contributed by atoms with Crippen molar-refractivity contribution in [1.29, 1.82) is 0 Å². The van der Waals surface area contributed by atoms with Crippen molar-refractivity contribution < 1.29 is 0 Å². The zero-order chi connectivity index (χ0) is 19.5. The van der Waals surface area contributed by atoms with E-state index in [4.69, 9.17) is 4.98 Å². The quantitative estimate of drug-likeness (QED) is 0.358. The summed E-state index contributed by atoms with van der Waals surface area (Å²) < 4.78 is 0. The second-order valence-electron chi connectivity index (χ2n) is 6.95. The molecule has 138 valence electrons. The number of anilines is 2. The van der Waals surface area contributed by atoms with Gasteiger partial charge in [-0.1, -0.05) is 97.1 Å². The molecular weight excluding hydrogens is 352 g/mol. The maximum atomic E-state index is 5.08. The first kappa shape index (κ1) is 17.2. The van der Waals surface area contributed by atoms with Gasteiger partial charge in [-0.2, -0.15) is 0 Å². The van der Waals surface area contributed by atoms with Gasteiger partial charge in [-0.25, -0.2) is 4.98 Å². The summed E-state index contributed by atoms with van der Waals surface area (Å²) in [7, 11) is 0. The van der Waals surface area contributed by atoms with E-state index >= 15 is 0 Å². The van der Waals surface area contributed by atoms with Gasteiger partial charge in [0, 0.05) is 22.2 Å². The molecule has 0 aliphatic carbocycles. The molecule has 0 aliphatic heterocycles. The minimum absolute atomic E-state index is 0.976. The van der Waals surface area contributed by atoms with Gasteiger partial charge in [-0.15, -0.1) is 0 Å². The predicted molar refractivity (Wildman–Crippen MR) is 122 cm³/mol. The van der Waals surface area contributed by atoms with Crippen molar-refractivity contribution >= 4 is 22.3 Å². The molecule has 0 fully saturated rings. The minimum atomic E-state index is 0.976. The van der Waals surface area contributed by atoms with Crippen LogP contribution >= 0.6 is 0 Å². The van der Waals surface area contributed by atoms with Crippen LogP contribution in [0.5, 0.6) is 0 Å². The fourth-order valence-electron chi connectivity index (χ4n) is 3.70. The van der Waals surface area contributed by atoms with Crippen molar-refractivity contribution in [3.63, 3.8) is 0 Å². The van der Waals surface area contributed by atoms with Crippen molar-refractivity contribution in [3.05, 3.63) is 115 Å². The topological polar surface area (TPSA) is 24.9 Å². The van der Waals surface area contributed by atoms with Gasteiger partial charge in [0.1, 0.15) is 0 Å². The molecule has 1 aromatic heterocycles. The van der Waals surface area contributed by atoms with Crippen LogP contribution in [-0.2, 0) is 0 Å². The third kappa shape index (κ3) is 3.37. The highest BCUT2D eigenvalue weighted by atomic mass is 14.9. The van der Waals surface area contributed by atoms with Gasteiger partial charge in [0.05, 0.1) is 16.9 Å². The van der Waals surface area contributed by atoms with Crippen molar-refractivity contribution in [1.82, 2.24) is 4.98 Å². The summed E-state index contributed by atoms with van der Waals surface area (Å²) >= 11 is 0. The van der Waals surface area contributed by atoms with Crippen molar-refractivity contribution in [2.75, 3.05) is 5.32 Å². The number of benzene rings is 4. The summed E-state index contributed by atoms with van der Waals surface area (Å²) in [6.07, 6.45) is 0. The lowest BCUT2D eigenvalue weighted by Crippen LogP contribution is -2.00. The first-order chi connectivity index (χ1) is 14.4. The summed E-state index contributed by atoms with van der Waals surface area (Å²) in [5.41, 5.74) is 7.45. The molecule has 1 N–H and O–H groups in total. The van der Waals surface area contributed by atoms with Crippen LogP contribution in [-0.4, -0.2) is 4.98 Å². The Labute approximate surface area is 170 Å². The van der Waals surface area contributed by atoms with Crippen LogP contribution in [0.1, 0.15) is 0 Å². The number of nitrogens with one attached hydrogen (secondary N) is 1. The van der Waals surface area contributed by atoms with E-state index in [9.17, 15) is 0 Å². The summed E-state index contributed by atoms with van der Waals surface area (Å²) in [5.74, 6) is 0. The molecule has 0 atom stereocenters. The standard InChI is InChI=1S/C27H20N2/c1-4-12-20(13-5-1)25-26(21-14-6-2-7-15-21)29-24-19-11-10-18-23(24)27(25)28-22-16-8-3-9-17-22/h1-19H,(H,28,29). The van der Waals surface area contributed by atoms with Gasteiger partial charge in [0.25, 0.3) is 0 Å². The molecule has 0 aliphatic rings. The lowest BCUT2D eigenvalue weighted by atomic mass is 9.95. The van der Waals surface area contributed by atoms with E-state index in [-0.39, 0.29) is 0 Å². The summed E-state index contributed by atoms with van der Waals surface area (Å²) in [4.78, 5) is 5.08. The van der Waals surface area contributed by atoms with E-state index in [0.717, 1.165) is 44.7 Å². The molecule has 0 saturated heterocycles. The Morgan fingerprint density at radius 3 is 1.76 bits per heavy atom. The molecule has 2 nitrogen and oxygen atoms in total. The van der Waals surface area contributed by atoms with Crippen molar-refractivity contribution in [2.24, 2.45) is 0 Å². The number of hydrogen-bond acceptors (Lipinski definition) is 2. The number of pyridine rings is 1. The minimum Gasteiger partial charge on any atom is -0.354 e. The number of aromatic nitrogens is 1. The molecule has 0 amide bonds. The van der Waals surface area contributed by atoms with Crippen LogP contribution in [0.15, 0.2) is 115 Å². The second kappa shape index (κ2) is 7.61. The summed E-state index contributed by atoms with van der Waals surface area (Å²) in [6.45, 7) is 0. The number of para-hydroxylation sites is 2. The van der Waals surface area contributed by atoms with Crippen molar-refractivity contribution in [3.8, 4) is 22.4 Å². The smallest absolute Gasteiger partial charge is 0.0808 e. The Kier molecular flexibility index (Phi) is 4.51. The van der Waals surface area contributed by atoms with Gasteiger partial charge < -0.3 is 5.32 Å². The molecular formula is C27H20N2. The first-order valence-corrected chi connectivity index (χ1v) is 9.76. The lowest BCUT2D eigenvalue weighted by molar-refractivity contribution is 1.39. The normalized spacial score (nSPS) is 10.8. The van der Waals surface area contributed by atoms with Crippen LogP contribution in [0.3, 0.4) is 0 Å². The highest BCUT2D eigenvalue weighted by Crippen LogP contribution is 2.42. The van der Waals surface area contributed by atoms with E-state index in [1.165, 1.54) is 0 Å². The SMILES string of the molecule is c1ccc(Nc2c(-c3ccccc3)c(-c3ccccc3)nc3ccccc23)cc1. The van der Waals surface area contributed by atoms with E-state index in [0.29, 0.717) is 0 Å². The summed E-state index contributed by atoms with van der Waals surface area (Å²) in [6, 6.07) is 39.5. The molecule has 0 spiro atoms. The first-order valence-electron chi connectivity index (χ1n) is 9.76. The van der Waals surface area contributed by atoms with Crippen LogP contribution in [0.2, 0.25) is 0 Å². The molecule has 0 radical (unpaired) electrons. The average Bonchev–Trinajstić information content (AvgIpc) is 2.81. The molecule has 29 heavy (non-hydrogen) atoms. The number of nitrogens with zero attached hydrogens (tertiary/aromatic N) is 1. The highest BCUT2D eigenvalue weighted by Gasteiger charge is 2.18. The lowest BCUT2D eigenvalue weighted by Gasteiger charge is -2.19.